The van der Waals surface area contributed by atoms with Crippen molar-refractivity contribution in [3.05, 3.63) is 35.1 Å². The van der Waals surface area contributed by atoms with E-state index in [1.807, 2.05) is 13.8 Å². The maximum Gasteiger partial charge on any atom is 0.335 e. The quantitative estimate of drug-likeness (QED) is 0.841. The maximum absolute atomic E-state index is 11.1. The average molecular weight is 290 g/mol. The fraction of sp³-hybridized carbons (Fsp3) is 0.429. The number of nitrogens with one attached hydrogen (secondary N) is 1. The standard InChI is InChI=1S/C14H18N4O3/c1-8(2)11-6-10(14(19)20)7-12(17-11)15-5-4-13-16-9(3)18-21-13/h6-8H,4-5H2,1-3H3,(H,15,17)(H,19,20). The molecule has 0 aromatic carbocycles. The first-order valence-corrected chi connectivity index (χ1v) is 6.74. The van der Waals surface area contributed by atoms with Gasteiger partial charge in [-0.05, 0) is 25.0 Å². The zero-order valence-electron chi connectivity index (χ0n) is 12.3. The molecule has 0 saturated heterocycles. The molecule has 0 bridgehead atoms. The first-order chi connectivity index (χ1) is 9.95. The fourth-order valence-corrected chi connectivity index (χ4v) is 1.80. The highest BCUT2D eigenvalue weighted by Gasteiger charge is 2.11. The van der Waals surface area contributed by atoms with E-state index in [4.69, 9.17) is 9.63 Å². The van der Waals surface area contributed by atoms with E-state index in [2.05, 4.69) is 20.4 Å². The normalized spacial score (nSPS) is 10.9. The maximum atomic E-state index is 11.1. The van der Waals surface area contributed by atoms with Gasteiger partial charge in [-0.1, -0.05) is 19.0 Å². The molecule has 0 amide bonds. The number of hydrogen-bond acceptors (Lipinski definition) is 6. The Morgan fingerprint density at radius 2 is 2.14 bits per heavy atom. The Morgan fingerprint density at radius 1 is 1.38 bits per heavy atom. The number of anilines is 1. The molecule has 2 rings (SSSR count). The van der Waals surface area contributed by atoms with Gasteiger partial charge in [0.15, 0.2) is 5.82 Å². The van der Waals surface area contributed by atoms with Crippen molar-refractivity contribution in [2.45, 2.75) is 33.1 Å². The first-order valence-electron chi connectivity index (χ1n) is 6.74. The molecule has 0 radical (unpaired) electrons. The van der Waals surface area contributed by atoms with Crippen LogP contribution in [0.4, 0.5) is 5.82 Å². The number of rotatable bonds is 6. The van der Waals surface area contributed by atoms with Gasteiger partial charge >= 0.3 is 5.97 Å². The number of carboxylic acids is 1. The number of aryl methyl sites for hydroxylation is 1. The van der Waals surface area contributed by atoms with Gasteiger partial charge in [-0.2, -0.15) is 4.98 Å². The van der Waals surface area contributed by atoms with Crippen molar-refractivity contribution in [3.8, 4) is 0 Å². The lowest BCUT2D eigenvalue weighted by molar-refractivity contribution is 0.0696. The molecule has 0 spiro atoms. The summed E-state index contributed by atoms with van der Waals surface area (Å²) in [6, 6.07) is 3.12. The number of carbonyl (C=O) groups is 1. The van der Waals surface area contributed by atoms with Gasteiger partial charge in [-0.25, -0.2) is 9.78 Å². The van der Waals surface area contributed by atoms with Crippen LogP contribution in [-0.2, 0) is 6.42 Å². The summed E-state index contributed by atoms with van der Waals surface area (Å²) in [5.74, 6) is 0.865. The van der Waals surface area contributed by atoms with E-state index in [-0.39, 0.29) is 11.5 Å². The van der Waals surface area contributed by atoms with Crippen molar-refractivity contribution < 1.29 is 14.4 Å². The van der Waals surface area contributed by atoms with Crippen LogP contribution in [0.1, 0.15) is 47.5 Å². The summed E-state index contributed by atoms with van der Waals surface area (Å²) in [6.07, 6.45) is 0.552. The van der Waals surface area contributed by atoms with E-state index in [1.165, 1.54) is 6.07 Å². The number of aromatic carboxylic acids is 1. The van der Waals surface area contributed by atoms with Gasteiger partial charge in [0.25, 0.3) is 0 Å². The molecule has 0 aliphatic heterocycles. The number of hydrogen-bond donors (Lipinski definition) is 2. The number of aromatic nitrogens is 3. The number of carboxylic acid groups (broad SMARTS) is 1. The molecule has 112 valence electrons. The summed E-state index contributed by atoms with van der Waals surface area (Å²) >= 11 is 0. The smallest absolute Gasteiger partial charge is 0.335 e. The van der Waals surface area contributed by atoms with Crippen LogP contribution in [0, 0.1) is 6.92 Å². The van der Waals surface area contributed by atoms with E-state index in [0.717, 1.165) is 5.69 Å². The fourth-order valence-electron chi connectivity index (χ4n) is 1.80. The van der Waals surface area contributed by atoms with Crippen LogP contribution in [0.2, 0.25) is 0 Å². The SMILES string of the molecule is Cc1noc(CCNc2cc(C(=O)O)cc(C(C)C)n2)n1. The Labute approximate surface area is 122 Å². The average Bonchev–Trinajstić information content (AvgIpc) is 2.84. The second-order valence-corrected chi connectivity index (χ2v) is 5.04. The predicted molar refractivity (Wildman–Crippen MR) is 76.5 cm³/mol. The predicted octanol–water partition coefficient (Wildman–Crippen LogP) is 2.25. The molecule has 0 saturated carbocycles. The molecule has 2 aromatic heterocycles. The van der Waals surface area contributed by atoms with Crippen LogP contribution in [0.15, 0.2) is 16.7 Å². The summed E-state index contributed by atoms with van der Waals surface area (Å²) in [7, 11) is 0. The van der Waals surface area contributed by atoms with Crippen molar-refractivity contribution in [1.29, 1.82) is 0 Å². The van der Waals surface area contributed by atoms with Gasteiger partial charge in [0.1, 0.15) is 5.82 Å². The minimum absolute atomic E-state index is 0.156. The van der Waals surface area contributed by atoms with E-state index < -0.39 is 5.97 Å². The first kappa shape index (κ1) is 15.0. The van der Waals surface area contributed by atoms with Crippen molar-refractivity contribution in [3.63, 3.8) is 0 Å². The molecule has 0 unspecified atom stereocenters. The summed E-state index contributed by atoms with van der Waals surface area (Å²) < 4.78 is 5.01. The van der Waals surface area contributed by atoms with Crippen LogP contribution < -0.4 is 5.32 Å². The highest BCUT2D eigenvalue weighted by atomic mass is 16.5. The minimum atomic E-state index is -0.963. The molecule has 0 atom stereocenters. The van der Waals surface area contributed by atoms with Crippen LogP contribution in [0.3, 0.4) is 0 Å². The minimum Gasteiger partial charge on any atom is -0.478 e. The highest BCUT2D eigenvalue weighted by Crippen LogP contribution is 2.17. The number of pyridine rings is 1. The Hall–Kier alpha value is -2.44. The van der Waals surface area contributed by atoms with E-state index >= 15 is 0 Å². The van der Waals surface area contributed by atoms with Crippen LogP contribution in [0.25, 0.3) is 0 Å². The molecule has 0 fully saturated rings. The summed E-state index contributed by atoms with van der Waals surface area (Å²) in [4.78, 5) is 19.6. The molecule has 7 heteroatoms. The second kappa shape index (κ2) is 6.34. The molecular formula is C14H18N4O3. The van der Waals surface area contributed by atoms with Crippen molar-refractivity contribution in [2.75, 3.05) is 11.9 Å². The number of nitrogens with zero attached hydrogens (tertiary/aromatic N) is 3. The summed E-state index contributed by atoms with van der Waals surface area (Å²) in [5.41, 5.74) is 0.968. The lowest BCUT2D eigenvalue weighted by Crippen LogP contribution is -2.10. The molecule has 0 aliphatic carbocycles. The van der Waals surface area contributed by atoms with Gasteiger partial charge in [-0.3, -0.25) is 0 Å². The van der Waals surface area contributed by atoms with Crippen LogP contribution >= 0.6 is 0 Å². The van der Waals surface area contributed by atoms with Gasteiger partial charge in [0.05, 0.1) is 5.56 Å². The van der Waals surface area contributed by atoms with Crippen LogP contribution in [-0.4, -0.2) is 32.7 Å². The Morgan fingerprint density at radius 3 is 2.71 bits per heavy atom. The largest absolute Gasteiger partial charge is 0.478 e. The topological polar surface area (TPSA) is 101 Å². The second-order valence-electron chi connectivity index (χ2n) is 5.04. The van der Waals surface area contributed by atoms with Crippen molar-refractivity contribution in [2.24, 2.45) is 0 Å². The third kappa shape index (κ3) is 4.01. The molecule has 21 heavy (non-hydrogen) atoms. The highest BCUT2D eigenvalue weighted by molar-refractivity contribution is 5.88. The van der Waals surface area contributed by atoms with Gasteiger partial charge in [0.2, 0.25) is 5.89 Å². The molecule has 2 N–H and O–H groups in total. The van der Waals surface area contributed by atoms with Crippen molar-refractivity contribution in [1.82, 2.24) is 15.1 Å². The Balaban J connectivity index is 2.06. The molecular weight excluding hydrogens is 272 g/mol. The zero-order chi connectivity index (χ0) is 15.4. The van der Waals surface area contributed by atoms with Gasteiger partial charge in [0, 0.05) is 18.7 Å². The van der Waals surface area contributed by atoms with Crippen LogP contribution in [0.5, 0.6) is 0 Å². The zero-order valence-corrected chi connectivity index (χ0v) is 12.3. The third-order valence-corrected chi connectivity index (χ3v) is 2.90. The lowest BCUT2D eigenvalue weighted by atomic mass is 10.1. The monoisotopic (exact) mass is 290 g/mol. The van der Waals surface area contributed by atoms with Gasteiger partial charge in [-0.15, -0.1) is 0 Å². The molecule has 7 nitrogen and oxygen atoms in total. The molecule has 0 aliphatic rings. The Bertz CT molecular complexity index is 637. The van der Waals surface area contributed by atoms with Crippen molar-refractivity contribution >= 4 is 11.8 Å². The van der Waals surface area contributed by atoms with E-state index in [1.54, 1.807) is 13.0 Å². The molecule has 2 heterocycles. The van der Waals surface area contributed by atoms with E-state index in [9.17, 15) is 4.79 Å². The lowest BCUT2D eigenvalue weighted by Gasteiger charge is -2.10. The summed E-state index contributed by atoms with van der Waals surface area (Å²) in [6.45, 7) is 6.24. The Kier molecular flexibility index (Phi) is 4.52. The molecule has 2 aromatic rings. The van der Waals surface area contributed by atoms with E-state index in [0.29, 0.717) is 30.5 Å². The van der Waals surface area contributed by atoms with Gasteiger partial charge < -0.3 is 14.9 Å². The summed E-state index contributed by atoms with van der Waals surface area (Å²) in [5, 5.41) is 15.9. The third-order valence-electron chi connectivity index (χ3n) is 2.90.